The van der Waals surface area contributed by atoms with E-state index in [2.05, 4.69) is 17.6 Å². The molecule has 0 radical (unpaired) electrons. The van der Waals surface area contributed by atoms with E-state index in [0.29, 0.717) is 12.6 Å². The standard InChI is InChI=1S/C13H25N3O2/c1-4-8-16(9-12(17)14-3)13(18)11-7-5-6-10(2)15-11/h10-11,15H,4-9H2,1-3H3,(H,14,17). The van der Waals surface area contributed by atoms with E-state index in [1.165, 1.54) is 0 Å². The number of carbonyl (C=O) groups is 2. The molecule has 104 valence electrons. The van der Waals surface area contributed by atoms with Crippen LogP contribution in [0.1, 0.15) is 39.5 Å². The second-order valence-corrected chi connectivity index (χ2v) is 4.98. The molecule has 1 heterocycles. The number of amides is 2. The zero-order chi connectivity index (χ0) is 13.5. The van der Waals surface area contributed by atoms with Crippen LogP contribution in [0.5, 0.6) is 0 Å². The van der Waals surface area contributed by atoms with Gasteiger partial charge in [0.1, 0.15) is 0 Å². The van der Waals surface area contributed by atoms with Gasteiger partial charge in [-0.15, -0.1) is 0 Å². The molecule has 5 heteroatoms. The van der Waals surface area contributed by atoms with E-state index < -0.39 is 0 Å². The van der Waals surface area contributed by atoms with Gasteiger partial charge in [-0.1, -0.05) is 6.92 Å². The summed E-state index contributed by atoms with van der Waals surface area (Å²) in [5.74, 6) is -0.0485. The Morgan fingerprint density at radius 3 is 2.67 bits per heavy atom. The van der Waals surface area contributed by atoms with Gasteiger partial charge in [-0.05, 0) is 32.6 Å². The topological polar surface area (TPSA) is 61.4 Å². The van der Waals surface area contributed by atoms with Gasteiger partial charge in [0.25, 0.3) is 0 Å². The van der Waals surface area contributed by atoms with Crippen molar-refractivity contribution in [3.05, 3.63) is 0 Å². The van der Waals surface area contributed by atoms with Gasteiger partial charge >= 0.3 is 0 Å². The molecule has 18 heavy (non-hydrogen) atoms. The highest BCUT2D eigenvalue weighted by atomic mass is 16.2. The molecule has 1 rings (SSSR count). The van der Waals surface area contributed by atoms with Crippen molar-refractivity contribution in [2.75, 3.05) is 20.1 Å². The molecule has 1 aliphatic heterocycles. The first kappa shape index (κ1) is 15.0. The summed E-state index contributed by atoms with van der Waals surface area (Å²) in [6.07, 6.45) is 3.93. The molecule has 0 spiro atoms. The molecule has 1 saturated heterocycles. The van der Waals surface area contributed by atoms with Crippen molar-refractivity contribution >= 4 is 11.8 Å². The van der Waals surface area contributed by atoms with Crippen molar-refractivity contribution < 1.29 is 9.59 Å². The Balaban J connectivity index is 2.60. The summed E-state index contributed by atoms with van der Waals surface area (Å²) in [5, 5.41) is 5.89. The summed E-state index contributed by atoms with van der Waals surface area (Å²) in [5.41, 5.74) is 0. The van der Waals surface area contributed by atoms with E-state index in [0.717, 1.165) is 25.7 Å². The van der Waals surface area contributed by atoms with E-state index in [9.17, 15) is 9.59 Å². The zero-order valence-corrected chi connectivity index (χ0v) is 11.7. The fraction of sp³-hybridized carbons (Fsp3) is 0.846. The minimum absolute atomic E-state index is 0.0620. The molecule has 2 amide bonds. The van der Waals surface area contributed by atoms with Crippen molar-refractivity contribution in [1.82, 2.24) is 15.5 Å². The second kappa shape index (κ2) is 7.36. The summed E-state index contributed by atoms with van der Waals surface area (Å²) in [4.78, 5) is 25.5. The highest BCUT2D eigenvalue weighted by Crippen LogP contribution is 2.14. The van der Waals surface area contributed by atoms with E-state index in [4.69, 9.17) is 0 Å². The van der Waals surface area contributed by atoms with Gasteiger partial charge in [-0.25, -0.2) is 0 Å². The lowest BCUT2D eigenvalue weighted by Gasteiger charge is -2.32. The first-order valence-corrected chi connectivity index (χ1v) is 6.83. The van der Waals surface area contributed by atoms with Crippen LogP contribution in [-0.2, 0) is 9.59 Å². The SMILES string of the molecule is CCCN(CC(=O)NC)C(=O)C1CCCC(C)N1. The van der Waals surface area contributed by atoms with Gasteiger partial charge in [-0.3, -0.25) is 9.59 Å². The summed E-state index contributed by atoms with van der Waals surface area (Å²) in [6.45, 7) is 4.91. The van der Waals surface area contributed by atoms with Gasteiger partial charge in [0.05, 0.1) is 12.6 Å². The zero-order valence-electron chi connectivity index (χ0n) is 11.7. The first-order chi connectivity index (χ1) is 8.58. The average Bonchev–Trinajstić information content (AvgIpc) is 2.37. The second-order valence-electron chi connectivity index (χ2n) is 4.98. The molecule has 2 N–H and O–H groups in total. The van der Waals surface area contributed by atoms with E-state index >= 15 is 0 Å². The smallest absolute Gasteiger partial charge is 0.240 e. The van der Waals surface area contributed by atoms with Crippen LogP contribution in [0, 0.1) is 0 Å². The number of nitrogens with zero attached hydrogens (tertiary/aromatic N) is 1. The highest BCUT2D eigenvalue weighted by molar-refractivity contribution is 5.87. The third-order valence-corrected chi connectivity index (χ3v) is 3.33. The predicted octanol–water partition coefficient (Wildman–Crippen LogP) is 0.502. The van der Waals surface area contributed by atoms with Crippen LogP contribution in [0.4, 0.5) is 0 Å². The molecule has 0 aliphatic carbocycles. The Morgan fingerprint density at radius 1 is 1.39 bits per heavy atom. The van der Waals surface area contributed by atoms with Crippen molar-refractivity contribution in [1.29, 1.82) is 0 Å². The van der Waals surface area contributed by atoms with E-state index in [1.54, 1.807) is 11.9 Å². The van der Waals surface area contributed by atoms with Crippen molar-refractivity contribution in [3.63, 3.8) is 0 Å². The number of nitrogens with one attached hydrogen (secondary N) is 2. The Morgan fingerprint density at radius 2 is 2.11 bits per heavy atom. The quantitative estimate of drug-likeness (QED) is 0.752. The Hall–Kier alpha value is -1.10. The van der Waals surface area contributed by atoms with Crippen LogP contribution < -0.4 is 10.6 Å². The number of likely N-dealkylation sites (N-methyl/N-ethyl adjacent to an activating group) is 1. The number of piperidine rings is 1. The molecular formula is C13H25N3O2. The monoisotopic (exact) mass is 255 g/mol. The number of hydrogen-bond donors (Lipinski definition) is 2. The lowest BCUT2D eigenvalue weighted by Crippen LogP contribution is -2.53. The van der Waals surface area contributed by atoms with Crippen molar-refractivity contribution in [3.8, 4) is 0 Å². The van der Waals surface area contributed by atoms with Gasteiger partial charge < -0.3 is 15.5 Å². The molecule has 2 atom stereocenters. The van der Waals surface area contributed by atoms with Crippen LogP contribution in [0.2, 0.25) is 0 Å². The van der Waals surface area contributed by atoms with Gasteiger partial charge in [0.2, 0.25) is 11.8 Å². The lowest BCUT2D eigenvalue weighted by molar-refractivity contribution is -0.138. The molecule has 0 aromatic heterocycles. The van der Waals surface area contributed by atoms with Crippen LogP contribution in [0.15, 0.2) is 0 Å². The average molecular weight is 255 g/mol. The number of carbonyl (C=O) groups excluding carboxylic acids is 2. The molecular weight excluding hydrogens is 230 g/mol. The lowest BCUT2D eigenvalue weighted by atomic mass is 9.98. The number of hydrogen-bond acceptors (Lipinski definition) is 3. The molecule has 0 saturated carbocycles. The van der Waals surface area contributed by atoms with E-state index in [1.807, 2.05) is 6.92 Å². The highest BCUT2D eigenvalue weighted by Gasteiger charge is 2.28. The van der Waals surface area contributed by atoms with Gasteiger partial charge in [0, 0.05) is 19.6 Å². The van der Waals surface area contributed by atoms with Crippen molar-refractivity contribution in [2.45, 2.75) is 51.6 Å². The predicted molar refractivity (Wildman–Crippen MR) is 71.2 cm³/mol. The van der Waals surface area contributed by atoms with Gasteiger partial charge in [-0.2, -0.15) is 0 Å². The minimum atomic E-state index is -0.120. The maximum Gasteiger partial charge on any atom is 0.240 e. The van der Waals surface area contributed by atoms with Crippen LogP contribution in [0.25, 0.3) is 0 Å². The molecule has 0 aromatic rings. The molecule has 1 aliphatic rings. The molecule has 2 unspecified atom stereocenters. The fourth-order valence-electron chi connectivity index (χ4n) is 2.34. The summed E-state index contributed by atoms with van der Waals surface area (Å²) in [7, 11) is 1.60. The number of rotatable bonds is 5. The summed E-state index contributed by atoms with van der Waals surface area (Å²) < 4.78 is 0. The Bertz CT molecular complexity index is 294. The summed E-state index contributed by atoms with van der Waals surface area (Å²) >= 11 is 0. The van der Waals surface area contributed by atoms with Crippen LogP contribution in [0.3, 0.4) is 0 Å². The molecule has 5 nitrogen and oxygen atoms in total. The molecule has 0 aromatic carbocycles. The first-order valence-electron chi connectivity index (χ1n) is 6.83. The Labute approximate surface area is 109 Å². The Kier molecular flexibility index (Phi) is 6.12. The van der Waals surface area contributed by atoms with Gasteiger partial charge in [0.15, 0.2) is 0 Å². The van der Waals surface area contributed by atoms with E-state index in [-0.39, 0.29) is 24.4 Å². The maximum atomic E-state index is 12.4. The maximum absolute atomic E-state index is 12.4. The third kappa shape index (κ3) is 4.29. The summed E-state index contributed by atoms with van der Waals surface area (Å²) in [6, 6.07) is 0.265. The van der Waals surface area contributed by atoms with Crippen molar-refractivity contribution in [2.24, 2.45) is 0 Å². The van der Waals surface area contributed by atoms with Crippen LogP contribution in [-0.4, -0.2) is 48.9 Å². The fourth-order valence-corrected chi connectivity index (χ4v) is 2.34. The molecule has 0 bridgehead atoms. The third-order valence-electron chi connectivity index (χ3n) is 3.33. The minimum Gasteiger partial charge on any atom is -0.358 e. The largest absolute Gasteiger partial charge is 0.358 e. The normalized spacial score (nSPS) is 23.5. The van der Waals surface area contributed by atoms with Crippen LogP contribution >= 0.6 is 0 Å². The molecule has 1 fully saturated rings.